The molecule has 0 aromatic rings. The van der Waals surface area contributed by atoms with Crippen LogP contribution in [0.4, 0.5) is 0 Å². The van der Waals surface area contributed by atoms with Gasteiger partial charge >= 0.3 is 0 Å². The molecule has 4 heteroatoms. The van der Waals surface area contributed by atoms with E-state index in [-0.39, 0.29) is 25.1 Å². The summed E-state index contributed by atoms with van der Waals surface area (Å²) in [5, 5.41) is 0. The Morgan fingerprint density at radius 1 is 0.750 bits per heavy atom. The van der Waals surface area contributed by atoms with Gasteiger partial charge in [-0.1, -0.05) is 96.8 Å². The summed E-state index contributed by atoms with van der Waals surface area (Å²) >= 11 is 0. The van der Waals surface area contributed by atoms with E-state index in [1.165, 1.54) is 89.9 Å². The van der Waals surface area contributed by atoms with Crippen molar-refractivity contribution in [1.29, 1.82) is 0 Å². The van der Waals surface area contributed by atoms with Gasteiger partial charge in [-0.15, -0.1) is 0 Å². The molecule has 4 nitrogen and oxygen atoms in total. The number of carbonyl (C=O) groups excluding carboxylic acids is 1. The zero-order chi connectivity index (χ0) is 20.5. The number of hydrogen-bond acceptors (Lipinski definition) is 4. The minimum atomic E-state index is -1.00. The van der Waals surface area contributed by atoms with E-state index >= 15 is 0 Å². The third kappa shape index (κ3) is 12.9. The molecular formula is C24H46O4. The van der Waals surface area contributed by atoms with Gasteiger partial charge in [-0.2, -0.15) is 0 Å². The van der Waals surface area contributed by atoms with Gasteiger partial charge in [0.2, 0.25) is 0 Å². The van der Waals surface area contributed by atoms with E-state index in [4.69, 9.17) is 14.2 Å². The molecule has 0 saturated carbocycles. The zero-order valence-corrected chi connectivity index (χ0v) is 18.9. The molecule has 0 atom stereocenters. The SMILES string of the molecule is CCCCCCCCCCCCCCCCCC1(OC(C)C)OCC(=O)CO1. The molecule has 1 aliphatic rings. The predicted octanol–water partition coefficient (Wildman–Crippen LogP) is 6.94. The number of carbonyl (C=O) groups is 1. The molecule has 0 aromatic heterocycles. The summed E-state index contributed by atoms with van der Waals surface area (Å²) in [6.07, 6.45) is 20.9. The molecule has 0 spiro atoms. The summed E-state index contributed by atoms with van der Waals surface area (Å²) < 4.78 is 17.1. The van der Waals surface area contributed by atoms with Crippen molar-refractivity contribution in [1.82, 2.24) is 0 Å². The van der Waals surface area contributed by atoms with Crippen LogP contribution >= 0.6 is 0 Å². The number of rotatable bonds is 18. The summed E-state index contributed by atoms with van der Waals surface area (Å²) in [5.74, 6) is -1.02. The Balaban J connectivity index is 1.93. The maximum atomic E-state index is 11.3. The molecular weight excluding hydrogens is 352 g/mol. The molecule has 1 saturated heterocycles. The Hall–Kier alpha value is -0.450. The fraction of sp³-hybridized carbons (Fsp3) is 0.958. The molecule has 0 unspecified atom stereocenters. The third-order valence-corrected chi connectivity index (χ3v) is 5.41. The van der Waals surface area contributed by atoms with Crippen molar-refractivity contribution in [2.24, 2.45) is 0 Å². The molecule has 0 aliphatic carbocycles. The van der Waals surface area contributed by atoms with E-state index in [9.17, 15) is 4.79 Å². The van der Waals surface area contributed by atoms with Crippen LogP contribution in [0, 0.1) is 0 Å². The Morgan fingerprint density at radius 2 is 1.14 bits per heavy atom. The second-order valence-electron chi connectivity index (χ2n) is 8.67. The van der Waals surface area contributed by atoms with Crippen molar-refractivity contribution in [3.8, 4) is 0 Å². The van der Waals surface area contributed by atoms with E-state index in [0.717, 1.165) is 6.42 Å². The standard InChI is InChI=1S/C24H46O4/c1-4-5-6-7-8-9-10-11-12-13-14-15-16-17-18-19-24(28-22(2)3)26-20-23(25)21-27-24/h22H,4-21H2,1-3H3. The Morgan fingerprint density at radius 3 is 1.54 bits per heavy atom. The smallest absolute Gasteiger partial charge is 0.283 e. The van der Waals surface area contributed by atoms with Crippen molar-refractivity contribution < 1.29 is 19.0 Å². The first-order valence-electron chi connectivity index (χ1n) is 12.1. The van der Waals surface area contributed by atoms with Crippen molar-refractivity contribution in [3.63, 3.8) is 0 Å². The first-order chi connectivity index (χ1) is 13.6. The van der Waals surface area contributed by atoms with Crippen LogP contribution in [0.3, 0.4) is 0 Å². The van der Waals surface area contributed by atoms with Gasteiger partial charge in [0.1, 0.15) is 13.2 Å². The van der Waals surface area contributed by atoms with Gasteiger partial charge in [-0.05, 0) is 20.3 Å². The highest BCUT2D eigenvalue weighted by atomic mass is 16.9. The maximum absolute atomic E-state index is 11.3. The lowest BCUT2D eigenvalue weighted by atomic mass is 10.0. The first-order valence-corrected chi connectivity index (χ1v) is 12.1. The molecule has 166 valence electrons. The average molecular weight is 399 g/mol. The van der Waals surface area contributed by atoms with Crippen LogP contribution < -0.4 is 0 Å². The summed E-state index contributed by atoms with van der Waals surface area (Å²) in [6.45, 7) is 6.42. The Kier molecular flexibility index (Phi) is 14.9. The Bertz CT molecular complexity index is 371. The second-order valence-corrected chi connectivity index (χ2v) is 8.67. The largest absolute Gasteiger partial charge is 0.325 e. The van der Waals surface area contributed by atoms with Crippen molar-refractivity contribution >= 4 is 5.78 Å². The molecule has 1 fully saturated rings. The monoisotopic (exact) mass is 398 g/mol. The first kappa shape index (κ1) is 25.6. The van der Waals surface area contributed by atoms with Gasteiger partial charge in [-0.3, -0.25) is 4.79 Å². The van der Waals surface area contributed by atoms with E-state index in [1.807, 2.05) is 13.8 Å². The van der Waals surface area contributed by atoms with E-state index in [0.29, 0.717) is 6.42 Å². The van der Waals surface area contributed by atoms with Crippen LogP contribution in [-0.4, -0.2) is 31.1 Å². The lowest BCUT2D eigenvalue weighted by Crippen LogP contribution is -2.48. The molecule has 0 N–H and O–H groups in total. The predicted molar refractivity (Wildman–Crippen MR) is 115 cm³/mol. The normalized spacial score (nSPS) is 16.8. The molecule has 1 rings (SSSR count). The van der Waals surface area contributed by atoms with E-state index in [1.54, 1.807) is 0 Å². The fourth-order valence-electron chi connectivity index (χ4n) is 3.81. The van der Waals surface area contributed by atoms with Crippen LogP contribution in [0.2, 0.25) is 0 Å². The van der Waals surface area contributed by atoms with E-state index < -0.39 is 5.97 Å². The lowest BCUT2D eigenvalue weighted by molar-refractivity contribution is -0.398. The van der Waals surface area contributed by atoms with Gasteiger partial charge in [0.15, 0.2) is 5.78 Å². The van der Waals surface area contributed by atoms with Crippen LogP contribution in [0.1, 0.15) is 124 Å². The van der Waals surface area contributed by atoms with Gasteiger partial charge in [-0.25, -0.2) is 0 Å². The highest BCUT2D eigenvalue weighted by molar-refractivity contribution is 5.81. The summed E-state index contributed by atoms with van der Waals surface area (Å²) in [7, 11) is 0. The number of ketones is 1. The highest BCUT2D eigenvalue weighted by Crippen LogP contribution is 2.28. The fourth-order valence-corrected chi connectivity index (χ4v) is 3.81. The van der Waals surface area contributed by atoms with Gasteiger partial charge in [0.25, 0.3) is 5.97 Å². The molecule has 1 heterocycles. The van der Waals surface area contributed by atoms with Crippen LogP contribution in [-0.2, 0) is 19.0 Å². The van der Waals surface area contributed by atoms with Crippen LogP contribution in [0.25, 0.3) is 0 Å². The van der Waals surface area contributed by atoms with Crippen molar-refractivity contribution in [3.05, 3.63) is 0 Å². The van der Waals surface area contributed by atoms with Crippen molar-refractivity contribution in [2.45, 2.75) is 136 Å². The van der Waals surface area contributed by atoms with E-state index in [2.05, 4.69) is 6.92 Å². The molecule has 0 amide bonds. The van der Waals surface area contributed by atoms with Gasteiger partial charge in [0, 0.05) is 6.42 Å². The summed E-state index contributed by atoms with van der Waals surface area (Å²) in [6, 6.07) is 0. The summed E-state index contributed by atoms with van der Waals surface area (Å²) in [5.41, 5.74) is 0. The average Bonchev–Trinajstić information content (AvgIpc) is 2.67. The van der Waals surface area contributed by atoms with Gasteiger partial charge < -0.3 is 14.2 Å². The van der Waals surface area contributed by atoms with Crippen LogP contribution in [0.15, 0.2) is 0 Å². The lowest BCUT2D eigenvalue weighted by Gasteiger charge is -2.37. The minimum Gasteiger partial charge on any atom is -0.325 e. The number of hydrogen-bond donors (Lipinski definition) is 0. The molecule has 0 bridgehead atoms. The third-order valence-electron chi connectivity index (χ3n) is 5.41. The van der Waals surface area contributed by atoms with Crippen molar-refractivity contribution in [2.75, 3.05) is 13.2 Å². The number of ether oxygens (including phenoxy) is 3. The molecule has 1 aliphatic heterocycles. The minimum absolute atomic E-state index is 0.0144. The molecule has 0 radical (unpaired) electrons. The number of Topliss-reactive ketones (excluding diaryl/α,β-unsaturated/α-hetero) is 1. The van der Waals surface area contributed by atoms with Gasteiger partial charge in [0.05, 0.1) is 6.10 Å². The maximum Gasteiger partial charge on any atom is 0.283 e. The van der Waals surface area contributed by atoms with Crippen LogP contribution in [0.5, 0.6) is 0 Å². The summed E-state index contributed by atoms with van der Waals surface area (Å²) in [4.78, 5) is 11.3. The highest BCUT2D eigenvalue weighted by Gasteiger charge is 2.38. The molecule has 28 heavy (non-hydrogen) atoms. The molecule has 0 aromatic carbocycles. The quantitative estimate of drug-likeness (QED) is 0.234. The topological polar surface area (TPSA) is 44.8 Å². The second kappa shape index (κ2) is 16.4. The zero-order valence-electron chi connectivity index (χ0n) is 18.9. The number of unbranched alkanes of at least 4 members (excludes halogenated alkanes) is 14. The Labute approximate surface area is 174 Å².